The predicted octanol–water partition coefficient (Wildman–Crippen LogP) is 3.80. The van der Waals surface area contributed by atoms with Crippen molar-refractivity contribution in [3.05, 3.63) is 71.5 Å². The summed E-state index contributed by atoms with van der Waals surface area (Å²) in [6, 6.07) is 17.1. The molecule has 1 heterocycles. The van der Waals surface area contributed by atoms with Crippen molar-refractivity contribution < 1.29 is 4.39 Å². The molecule has 2 aromatic rings. The number of amidine groups is 1. The summed E-state index contributed by atoms with van der Waals surface area (Å²) in [6.07, 6.45) is 0.871. The van der Waals surface area contributed by atoms with Gasteiger partial charge in [-0.2, -0.15) is 0 Å². The number of nitrogens with zero attached hydrogens (tertiary/aromatic N) is 1. The summed E-state index contributed by atoms with van der Waals surface area (Å²) >= 11 is 1.78. The topological polar surface area (TPSA) is 24.4 Å². The number of hydrogen-bond donors (Lipinski definition) is 1. The molecule has 0 amide bonds. The first-order valence-corrected chi connectivity index (χ1v) is 7.93. The van der Waals surface area contributed by atoms with E-state index in [1.165, 1.54) is 17.7 Å². The zero-order valence-electron chi connectivity index (χ0n) is 11.6. The Kier molecular flexibility index (Phi) is 4.55. The van der Waals surface area contributed by atoms with Gasteiger partial charge in [-0.05, 0) is 29.7 Å². The van der Waals surface area contributed by atoms with Crippen LogP contribution in [0.4, 0.5) is 4.39 Å². The summed E-state index contributed by atoms with van der Waals surface area (Å²) in [6.45, 7) is 1.65. The van der Waals surface area contributed by atoms with Crippen LogP contribution >= 0.6 is 11.8 Å². The molecule has 2 nitrogen and oxygen atoms in total. The maximum Gasteiger partial charge on any atom is 0.157 e. The average Bonchev–Trinajstić information content (AvgIpc) is 2.99. The van der Waals surface area contributed by atoms with E-state index >= 15 is 0 Å². The van der Waals surface area contributed by atoms with Gasteiger partial charge in [0.05, 0.1) is 11.8 Å². The van der Waals surface area contributed by atoms with E-state index in [-0.39, 0.29) is 5.82 Å². The third kappa shape index (κ3) is 3.85. The van der Waals surface area contributed by atoms with Crippen LogP contribution in [0.25, 0.3) is 0 Å². The third-order valence-corrected chi connectivity index (χ3v) is 4.63. The number of rotatable bonds is 4. The largest absolute Gasteiger partial charge is 0.365 e. The van der Waals surface area contributed by atoms with Gasteiger partial charge in [0.2, 0.25) is 0 Å². The molecule has 0 spiro atoms. The molecule has 1 atom stereocenters. The van der Waals surface area contributed by atoms with E-state index in [2.05, 4.69) is 34.6 Å². The molecule has 2 aromatic carbocycles. The summed E-state index contributed by atoms with van der Waals surface area (Å²) in [4.78, 5) is 4.55. The van der Waals surface area contributed by atoms with Crippen LogP contribution in [0.2, 0.25) is 0 Å². The van der Waals surface area contributed by atoms with E-state index in [1.807, 2.05) is 18.2 Å². The second-order valence-electron chi connectivity index (χ2n) is 4.97. The molecule has 0 saturated heterocycles. The van der Waals surface area contributed by atoms with Gasteiger partial charge in [-0.3, -0.25) is 4.99 Å². The molecule has 1 aliphatic rings. The van der Waals surface area contributed by atoms with Crippen LogP contribution in [0.1, 0.15) is 16.4 Å². The Labute approximate surface area is 128 Å². The molecular weight excluding hydrogens is 283 g/mol. The molecule has 0 saturated carbocycles. The van der Waals surface area contributed by atoms with Gasteiger partial charge in [-0.1, -0.05) is 54.2 Å². The molecule has 0 fully saturated rings. The minimum absolute atomic E-state index is 0.187. The van der Waals surface area contributed by atoms with Crippen molar-refractivity contribution in [2.75, 3.05) is 13.1 Å². The lowest BCUT2D eigenvalue weighted by Gasteiger charge is -2.09. The van der Waals surface area contributed by atoms with Gasteiger partial charge >= 0.3 is 0 Å². The smallest absolute Gasteiger partial charge is 0.157 e. The van der Waals surface area contributed by atoms with Crippen LogP contribution in [0.15, 0.2) is 59.6 Å². The van der Waals surface area contributed by atoms with Crippen LogP contribution in [0, 0.1) is 5.82 Å². The average molecular weight is 300 g/mol. The number of halogens is 1. The van der Waals surface area contributed by atoms with E-state index < -0.39 is 0 Å². The number of aliphatic imine (C=N–C) groups is 1. The van der Waals surface area contributed by atoms with E-state index in [0.717, 1.165) is 30.2 Å². The summed E-state index contributed by atoms with van der Waals surface area (Å²) in [5, 5.41) is 4.79. The first-order valence-electron chi connectivity index (χ1n) is 7.05. The molecule has 21 heavy (non-hydrogen) atoms. The molecule has 0 aliphatic carbocycles. The van der Waals surface area contributed by atoms with E-state index in [1.54, 1.807) is 11.8 Å². The van der Waals surface area contributed by atoms with E-state index in [4.69, 9.17) is 0 Å². The Morgan fingerprint density at radius 3 is 2.62 bits per heavy atom. The fourth-order valence-corrected chi connectivity index (χ4v) is 3.32. The Bertz CT molecular complexity index is 610. The molecule has 3 rings (SSSR count). The third-order valence-electron chi connectivity index (χ3n) is 3.43. The standard InChI is InChI=1S/C17H17FN2S/c18-15-8-6-13(7-9-15)10-11-19-17-20-12-16(21-17)14-4-2-1-3-5-14/h1-9,16H,10-12H2,(H,19,20). The van der Waals surface area contributed by atoms with Crippen LogP contribution in [0.5, 0.6) is 0 Å². The highest BCUT2D eigenvalue weighted by molar-refractivity contribution is 8.14. The van der Waals surface area contributed by atoms with Crippen LogP contribution < -0.4 is 5.32 Å². The highest BCUT2D eigenvalue weighted by Gasteiger charge is 2.20. The monoisotopic (exact) mass is 300 g/mol. The normalized spacial score (nSPS) is 17.6. The minimum Gasteiger partial charge on any atom is -0.365 e. The lowest BCUT2D eigenvalue weighted by atomic mass is 10.1. The predicted molar refractivity (Wildman–Crippen MR) is 87.2 cm³/mol. The van der Waals surface area contributed by atoms with Crippen LogP contribution in [-0.4, -0.2) is 18.3 Å². The van der Waals surface area contributed by atoms with Crippen LogP contribution in [-0.2, 0) is 6.42 Å². The Morgan fingerprint density at radius 1 is 1.10 bits per heavy atom. The maximum absolute atomic E-state index is 12.8. The minimum atomic E-state index is -0.187. The molecular formula is C17H17FN2S. The fourth-order valence-electron chi connectivity index (χ4n) is 2.28. The Balaban J connectivity index is 1.46. The molecule has 4 heteroatoms. The van der Waals surface area contributed by atoms with E-state index in [0.29, 0.717) is 5.25 Å². The number of hydrogen-bond acceptors (Lipinski definition) is 3. The second kappa shape index (κ2) is 6.76. The van der Waals surface area contributed by atoms with Crippen molar-refractivity contribution in [1.29, 1.82) is 0 Å². The fraction of sp³-hybridized carbons (Fsp3) is 0.235. The molecule has 0 bridgehead atoms. The second-order valence-corrected chi connectivity index (χ2v) is 6.16. The zero-order valence-corrected chi connectivity index (χ0v) is 12.4. The highest BCUT2D eigenvalue weighted by Crippen LogP contribution is 2.34. The highest BCUT2D eigenvalue weighted by atomic mass is 32.2. The van der Waals surface area contributed by atoms with Gasteiger partial charge in [0.15, 0.2) is 5.17 Å². The van der Waals surface area contributed by atoms with Gasteiger partial charge in [-0.15, -0.1) is 0 Å². The van der Waals surface area contributed by atoms with Crippen molar-refractivity contribution in [2.45, 2.75) is 11.7 Å². The Hall–Kier alpha value is -1.81. The lowest BCUT2D eigenvalue weighted by molar-refractivity contribution is 0.627. The number of thioether (sulfide) groups is 1. The van der Waals surface area contributed by atoms with Crippen molar-refractivity contribution in [3.8, 4) is 0 Å². The van der Waals surface area contributed by atoms with Gasteiger partial charge in [0.1, 0.15) is 5.82 Å². The molecule has 108 valence electrons. The van der Waals surface area contributed by atoms with Crippen LogP contribution in [0.3, 0.4) is 0 Å². The van der Waals surface area contributed by atoms with Crippen molar-refractivity contribution in [3.63, 3.8) is 0 Å². The van der Waals surface area contributed by atoms with Gasteiger partial charge < -0.3 is 5.32 Å². The number of benzene rings is 2. The zero-order chi connectivity index (χ0) is 14.5. The van der Waals surface area contributed by atoms with Crippen molar-refractivity contribution in [1.82, 2.24) is 5.32 Å². The summed E-state index contributed by atoms with van der Waals surface area (Å²) < 4.78 is 12.8. The number of nitrogens with one attached hydrogen (secondary N) is 1. The lowest BCUT2D eigenvalue weighted by Crippen LogP contribution is -2.21. The summed E-state index contributed by atoms with van der Waals surface area (Å²) in [5.41, 5.74) is 2.45. The van der Waals surface area contributed by atoms with Crippen molar-refractivity contribution >= 4 is 16.9 Å². The van der Waals surface area contributed by atoms with Gasteiger partial charge in [-0.25, -0.2) is 4.39 Å². The van der Waals surface area contributed by atoms with Crippen molar-refractivity contribution in [2.24, 2.45) is 4.99 Å². The Morgan fingerprint density at radius 2 is 1.86 bits per heavy atom. The summed E-state index contributed by atoms with van der Waals surface area (Å²) in [7, 11) is 0. The summed E-state index contributed by atoms with van der Waals surface area (Å²) in [5.74, 6) is -0.187. The maximum atomic E-state index is 12.8. The molecule has 1 unspecified atom stereocenters. The van der Waals surface area contributed by atoms with E-state index in [9.17, 15) is 4.39 Å². The van der Waals surface area contributed by atoms with Gasteiger partial charge in [0.25, 0.3) is 0 Å². The quantitative estimate of drug-likeness (QED) is 0.928. The molecule has 0 radical (unpaired) electrons. The van der Waals surface area contributed by atoms with Gasteiger partial charge in [0, 0.05) is 6.54 Å². The first-order chi connectivity index (χ1) is 10.3. The molecule has 0 aromatic heterocycles. The first kappa shape index (κ1) is 14.1. The SMILES string of the molecule is Fc1ccc(CCNC2=NCC(c3ccccc3)S2)cc1. The molecule has 1 N–H and O–H groups in total. The molecule has 1 aliphatic heterocycles.